The Morgan fingerprint density at radius 3 is 2.97 bits per heavy atom. The van der Waals surface area contributed by atoms with E-state index in [0.29, 0.717) is 37.4 Å². The van der Waals surface area contributed by atoms with E-state index in [2.05, 4.69) is 40.0 Å². The largest absolute Gasteiger partial charge is 1.00 e. The molecule has 0 aromatic carbocycles. The van der Waals surface area contributed by atoms with Crippen molar-refractivity contribution in [2.24, 2.45) is 5.92 Å². The van der Waals surface area contributed by atoms with Gasteiger partial charge in [0, 0.05) is 40.4 Å². The molecule has 3 unspecified atom stereocenters. The van der Waals surface area contributed by atoms with E-state index in [1.807, 2.05) is 11.0 Å². The van der Waals surface area contributed by atoms with E-state index in [4.69, 9.17) is 0 Å². The molecule has 1 aromatic heterocycles. The van der Waals surface area contributed by atoms with Crippen LogP contribution in [0, 0.1) is 18.5 Å². The van der Waals surface area contributed by atoms with Gasteiger partial charge in [-0.15, -0.1) is 6.42 Å². The molecule has 2 aliphatic heterocycles. The quantitative estimate of drug-likeness (QED) is 0.266. The summed E-state index contributed by atoms with van der Waals surface area (Å²) in [6.45, 7) is 1.97. The van der Waals surface area contributed by atoms with Crippen molar-refractivity contribution in [3.05, 3.63) is 59.9 Å². The van der Waals surface area contributed by atoms with Crippen LogP contribution >= 0.6 is 0 Å². The van der Waals surface area contributed by atoms with E-state index in [-0.39, 0.29) is 57.3 Å². The first-order valence-corrected chi connectivity index (χ1v) is 12.7. The van der Waals surface area contributed by atoms with E-state index in [1.54, 1.807) is 12.3 Å². The molecule has 0 radical (unpaired) electrons. The van der Waals surface area contributed by atoms with Crippen LogP contribution in [-0.2, 0) is 9.74 Å². The molecule has 3 aliphatic rings. The van der Waals surface area contributed by atoms with E-state index >= 15 is 0 Å². The van der Waals surface area contributed by atoms with E-state index < -0.39 is 18.2 Å². The Bertz CT molecular complexity index is 878. The van der Waals surface area contributed by atoms with Gasteiger partial charge in [-0.05, 0) is 51.3 Å². The Kier molecular flexibility index (Phi) is 12.2. The number of unbranched alkanes of at least 4 members (excludes halogenated alkanes) is 3. The van der Waals surface area contributed by atoms with Gasteiger partial charge in [0.2, 0.25) is 0 Å². The first kappa shape index (κ1) is 28.8. The maximum absolute atomic E-state index is 15.0. The number of nitrogens with zero attached hydrogens (tertiary/aromatic N) is 2. The van der Waals surface area contributed by atoms with Gasteiger partial charge < -0.3 is 5.32 Å². The zero-order valence-corrected chi connectivity index (χ0v) is 23.8. The summed E-state index contributed by atoms with van der Waals surface area (Å²) < 4.78 is 28.0. The first-order valence-electron chi connectivity index (χ1n) is 12.7. The SMILES string of the molecule is O=C(OF)C(c1cccnc1C1CC1)N1CCC(C(F)CCCC[CH-]/C=C\C2=[C-]NCCC2)C1.[K+]. The summed E-state index contributed by atoms with van der Waals surface area (Å²) in [5.74, 6) is -0.771. The van der Waals surface area contributed by atoms with Gasteiger partial charge in [0.25, 0.3) is 0 Å². The number of pyridine rings is 1. The predicted octanol–water partition coefficient (Wildman–Crippen LogP) is 2.48. The molecular weight excluding hydrogens is 475 g/mol. The molecule has 1 aromatic rings. The maximum atomic E-state index is 15.0. The molecule has 5 nitrogen and oxygen atoms in total. The Hall–Kier alpha value is -0.774. The van der Waals surface area contributed by atoms with Gasteiger partial charge in [0.1, 0.15) is 12.2 Å². The van der Waals surface area contributed by atoms with E-state index in [0.717, 1.165) is 57.2 Å². The number of likely N-dealkylation sites (tertiary alicyclic amines) is 1. The Labute approximate surface area is 250 Å². The van der Waals surface area contributed by atoms with Crippen LogP contribution in [0.2, 0.25) is 0 Å². The molecule has 1 saturated carbocycles. The molecule has 0 amide bonds. The summed E-state index contributed by atoms with van der Waals surface area (Å²) in [7, 11) is 0. The second-order valence-corrected chi connectivity index (χ2v) is 9.67. The molecule has 1 N–H and O–H groups in total. The van der Waals surface area contributed by atoms with Crippen LogP contribution in [0.4, 0.5) is 8.92 Å². The standard InChI is InChI=1S/C27H35F2N3O2.K/c28-24(11-5-3-1-2-4-8-20-9-6-15-30-18-20)22-14-17-32(19-22)26(27(33)34-29)23-10-7-16-31-25(23)21-12-13-21;/h2,4,7-8,10,16,21-22,24,26,30H,1,3,5-6,9,11-15,17,19H2;/q-2;+1/b8-4-;. The zero-order chi connectivity index (χ0) is 23.8. The van der Waals surface area contributed by atoms with Crippen LogP contribution in [0.15, 0.2) is 36.1 Å². The molecule has 1 aliphatic carbocycles. The molecule has 8 heteroatoms. The smallest absolute Gasteiger partial charge is 0.476 e. The van der Waals surface area contributed by atoms with Crippen LogP contribution in [-0.4, -0.2) is 41.7 Å². The van der Waals surface area contributed by atoms with Crippen molar-refractivity contribution < 1.29 is 70.0 Å². The van der Waals surface area contributed by atoms with Crippen molar-refractivity contribution >= 4 is 5.97 Å². The fourth-order valence-corrected chi connectivity index (χ4v) is 5.07. The minimum Gasteiger partial charge on any atom is -0.476 e. The molecule has 0 spiro atoms. The molecule has 1 saturated heterocycles. The van der Waals surface area contributed by atoms with Crippen molar-refractivity contribution in [3.8, 4) is 0 Å². The number of carbonyl (C=O) groups excluding carboxylic acids is 1. The molecule has 0 bridgehead atoms. The average molecular weight is 511 g/mol. The van der Waals surface area contributed by atoms with Crippen molar-refractivity contribution in [1.82, 2.24) is 15.2 Å². The molecule has 186 valence electrons. The number of nitrogens with one attached hydrogen (secondary N) is 1. The Morgan fingerprint density at radius 2 is 2.23 bits per heavy atom. The number of hydrogen-bond acceptors (Lipinski definition) is 5. The zero-order valence-electron chi connectivity index (χ0n) is 20.7. The topological polar surface area (TPSA) is 54.5 Å². The second-order valence-electron chi connectivity index (χ2n) is 9.67. The van der Waals surface area contributed by atoms with Crippen molar-refractivity contribution in [2.45, 2.75) is 75.9 Å². The molecule has 4 rings (SSSR count). The van der Waals surface area contributed by atoms with Gasteiger partial charge in [-0.3, -0.25) is 14.8 Å². The van der Waals surface area contributed by atoms with Crippen molar-refractivity contribution in [1.29, 1.82) is 0 Å². The van der Waals surface area contributed by atoms with Gasteiger partial charge in [0.05, 0.1) is 0 Å². The Balaban J connectivity index is 0.00000342. The summed E-state index contributed by atoms with van der Waals surface area (Å²) >= 11 is 0. The summed E-state index contributed by atoms with van der Waals surface area (Å²) in [5, 5.41) is 3.13. The van der Waals surface area contributed by atoms with Crippen LogP contribution in [0.25, 0.3) is 0 Å². The number of aromatic nitrogens is 1. The van der Waals surface area contributed by atoms with Gasteiger partial charge in [-0.1, -0.05) is 25.3 Å². The summed E-state index contributed by atoms with van der Waals surface area (Å²) in [5.41, 5.74) is 2.74. The molecule has 3 atom stereocenters. The molecule has 35 heavy (non-hydrogen) atoms. The number of allylic oxidation sites excluding steroid dienone is 3. The number of carbonyl (C=O) groups is 1. The van der Waals surface area contributed by atoms with Gasteiger partial charge >= 0.3 is 57.4 Å². The van der Waals surface area contributed by atoms with E-state index in [9.17, 15) is 13.7 Å². The molecule has 2 fully saturated rings. The number of alkyl halides is 1. The fraction of sp³-hybridized carbons (Fsp3) is 0.593. The minimum atomic E-state index is -0.938. The first-order chi connectivity index (χ1) is 16.7. The number of hydrogen-bond donors (Lipinski definition) is 1. The number of rotatable bonds is 12. The van der Waals surface area contributed by atoms with Gasteiger partial charge in [0.15, 0.2) is 0 Å². The van der Waals surface area contributed by atoms with Gasteiger partial charge in [-0.2, -0.15) is 6.20 Å². The molecule has 3 heterocycles. The van der Waals surface area contributed by atoms with Crippen molar-refractivity contribution in [3.63, 3.8) is 0 Å². The average Bonchev–Trinajstić information content (AvgIpc) is 3.61. The van der Waals surface area contributed by atoms with Crippen LogP contribution in [0.3, 0.4) is 0 Å². The number of halogens is 2. The fourth-order valence-electron chi connectivity index (χ4n) is 5.07. The minimum absolute atomic E-state index is 0. The normalized spacial score (nSPS) is 22.1. The third-order valence-corrected chi connectivity index (χ3v) is 7.09. The van der Waals surface area contributed by atoms with Crippen LogP contribution in [0.5, 0.6) is 0 Å². The summed E-state index contributed by atoms with van der Waals surface area (Å²) in [6.07, 6.45) is 18.3. The molecular formula is C27H35F2KN3O2-. The second kappa shape index (κ2) is 14.8. The third-order valence-electron chi connectivity index (χ3n) is 7.09. The van der Waals surface area contributed by atoms with Crippen LogP contribution < -0.4 is 56.7 Å². The summed E-state index contributed by atoms with van der Waals surface area (Å²) in [4.78, 5) is 22.4. The van der Waals surface area contributed by atoms with Gasteiger partial charge in [-0.25, -0.2) is 33.3 Å². The predicted molar refractivity (Wildman–Crippen MR) is 127 cm³/mol. The summed E-state index contributed by atoms with van der Waals surface area (Å²) in [6, 6.07) is 2.73. The maximum Gasteiger partial charge on any atom is 1.00 e. The van der Waals surface area contributed by atoms with E-state index in [1.165, 1.54) is 5.57 Å². The monoisotopic (exact) mass is 510 g/mol. The Morgan fingerprint density at radius 1 is 1.37 bits per heavy atom. The van der Waals surface area contributed by atoms with Crippen molar-refractivity contribution in [2.75, 3.05) is 19.6 Å². The van der Waals surface area contributed by atoms with Crippen LogP contribution in [0.1, 0.15) is 81.0 Å². The third kappa shape index (κ3) is 8.37.